The average Bonchev–Trinajstić information content (AvgIpc) is 2.96. The van der Waals surface area contributed by atoms with Crippen LogP contribution in [-0.2, 0) is 4.74 Å². The van der Waals surface area contributed by atoms with E-state index in [1.54, 1.807) is 0 Å². The van der Waals surface area contributed by atoms with Crippen molar-refractivity contribution in [3.63, 3.8) is 0 Å². The SMILES string of the molecule is CCOCCC1(CNC(=NC)N2CC(C)(C)C2(C)C)CCCC1.I. The third-order valence-electron chi connectivity index (χ3n) is 6.62. The van der Waals surface area contributed by atoms with Crippen molar-refractivity contribution in [3.05, 3.63) is 0 Å². The molecule has 1 saturated heterocycles. The number of aliphatic imine (C=N–C) groups is 1. The van der Waals surface area contributed by atoms with E-state index in [-0.39, 0.29) is 29.5 Å². The lowest BCUT2D eigenvalue weighted by molar-refractivity contribution is -0.0671. The summed E-state index contributed by atoms with van der Waals surface area (Å²) in [6.07, 6.45) is 6.51. The summed E-state index contributed by atoms with van der Waals surface area (Å²) in [6.45, 7) is 15.2. The quantitative estimate of drug-likeness (QED) is 0.283. The summed E-state index contributed by atoms with van der Waals surface area (Å²) in [5.74, 6) is 1.07. The molecule has 0 amide bonds. The average molecular weight is 451 g/mol. The van der Waals surface area contributed by atoms with E-state index in [9.17, 15) is 0 Å². The Morgan fingerprint density at radius 2 is 1.79 bits per heavy atom. The summed E-state index contributed by atoms with van der Waals surface area (Å²) in [5.41, 5.74) is 0.892. The van der Waals surface area contributed by atoms with Gasteiger partial charge in [0.05, 0.1) is 0 Å². The maximum Gasteiger partial charge on any atom is 0.194 e. The molecule has 0 radical (unpaired) electrons. The lowest BCUT2D eigenvalue weighted by atomic mass is 9.65. The molecule has 0 aromatic rings. The molecule has 2 aliphatic rings. The van der Waals surface area contributed by atoms with E-state index in [0.717, 1.165) is 32.3 Å². The van der Waals surface area contributed by atoms with Crippen LogP contribution in [0.25, 0.3) is 0 Å². The molecule has 0 aromatic heterocycles. The molecule has 1 saturated carbocycles. The molecule has 4 nitrogen and oxygen atoms in total. The molecule has 0 bridgehead atoms. The molecular weight excluding hydrogens is 413 g/mol. The van der Waals surface area contributed by atoms with Crippen molar-refractivity contribution < 1.29 is 4.74 Å². The fourth-order valence-corrected chi connectivity index (χ4v) is 4.04. The van der Waals surface area contributed by atoms with E-state index < -0.39 is 0 Å². The van der Waals surface area contributed by atoms with Gasteiger partial charge in [-0.3, -0.25) is 4.99 Å². The lowest BCUT2D eigenvalue weighted by Gasteiger charge is -2.62. The van der Waals surface area contributed by atoms with Crippen LogP contribution in [-0.4, -0.2) is 49.7 Å². The van der Waals surface area contributed by atoms with Gasteiger partial charge in [-0.1, -0.05) is 26.7 Å². The van der Waals surface area contributed by atoms with Crippen LogP contribution in [0.1, 0.15) is 66.7 Å². The Morgan fingerprint density at radius 3 is 2.25 bits per heavy atom. The fraction of sp³-hybridized carbons (Fsp3) is 0.947. The molecule has 0 spiro atoms. The van der Waals surface area contributed by atoms with E-state index in [1.165, 1.54) is 32.1 Å². The highest BCUT2D eigenvalue weighted by atomic mass is 127. The van der Waals surface area contributed by atoms with Crippen LogP contribution in [0.2, 0.25) is 0 Å². The first-order chi connectivity index (χ1) is 10.8. The smallest absolute Gasteiger partial charge is 0.194 e. The van der Waals surface area contributed by atoms with Gasteiger partial charge < -0.3 is 15.0 Å². The number of likely N-dealkylation sites (tertiary alicyclic amines) is 1. The van der Waals surface area contributed by atoms with Gasteiger partial charge in [0.1, 0.15) is 0 Å². The zero-order valence-corrected chi connectivity index (χ0v) is 18.9. The minimum absolute atomic E-state index is 0. The van der Waals surface area contributed by atoms with Crippen molar-refractivity contribution in [2.45, 2.75) is 72.3 Å². The molecule has 0 unspecified atom stereocenters. The van der Waals surface area contributed by atoms with Gasteiger partial charge >= 0.3 is 0 Å². The third kappa shape index (κ3) is 4.37. The standard InChI is InChI=1S/C19H37N3O.HI/c1-7-23-13-12-19(10-8-9-11-19)14-21-16(20-6)22-15-17(2,3)18(22,4)5;/h7-15H2,1-6H3,(H,20,21);1H. The second-order valence-electron chi connectivity index (χ2n) is 8.58. The number of hydrogen-bond donors (Lipinski definition) is 1. The zero-order valence-electron chi connectivity index (χ0n) is 16.6. The Bertz CT molecular complexity index is 428. The van der Waals surface area contributed by atoms with Gasteiger partial charge in [0.25, 0.3) is 0 Å². The number of nitrogens with one attached hydrogen (secondary N) is 1. The fourth-order valence-electron chi connectivity index (χ4n) is 4.04. The summed E-state index contributed by atoms with van der Waals surface area (Å²) in [6, 6.07) is 0. The van der Waals surface area contributed by atoms with Gasteiger partial charge in [0.15, 0.2) is 5.96 Å². The molecule has 2 rings (SSSR count). The maximum absolute atomic E-state index is 5.63. The number of ether oxygens (including phenoxy) is 1. The highest BCUT2D eigenvalue weighted by Crippen LogP contribution is 2.46. The molecule has 2 fully saturated rings. The number of nitrogens with zero attached hydrogens (tertiary/aromatic N) is 2. The molecule has 1 aliphatic carbocycles. The van der Waals surface area contributed by atoms with Crippen molar-refractivity contribution in [3.8, 4) is 0 Å². The van der Waals surface area contributed by atoms with Gasteiger partial charge in [-0.15, -0.1) is 24.0 Å². The number of rotatable bonds is 6. The molecule has 1 aliphatic heterocycles. The lowest BCUT2D eigenvalue weighted by Crippen LogP contribution is -2.72. The Hall–Kier alpha value is -0.0400. The van der Waals surface area contributed by atoms with Crippen LogP contribution < -0.4 is 5.32 Å². The van der Waals surface area contributed by atoms with Crippen molar-refractivity contribution >= 4 is 29.9 Å². The van der Waals surface area contributed by atoms with E-state index in [2.05, 4.69) is 49.8 Å². The zero-order chi connectivity index (χ0) is 17.1. The second kappa shape index (κ2) is 8.56. The highest BCUT2D eigenvalue weighted by molar-refractivity contribution is 14.0. The maximum atomic E-state index is 5.63. The van der Waals surface area contributed by atoms with Gasteiger partial charge in [-0.05, 0) is 45.4 Å². The minimum atomic E-state index is 0. The van der Waals surface area contributed by atoms with Crippen molar-refractivity contribution in [1.29, 1.82) is 0 Å². The molecule has 24 heavy (non-hydrogen) atoms. The molecular formula is C19H38IN3O. The second-order valence-corrected chi connectivity index (χ2v) is 8.58. The largest absolute Gasteiger partial charge is 0.382 e. The van der Waals surface area contributed by atoms with Crippen LogP contribution in [0.4, 0.5) is 0 Å². The Morgan fingerprint density at radius 1 is 1.17 bits per heavy atom. The first-order valence-corrected chi connectivity index (χ1v) is 9.34. The molecule has 0 aromatic carbocycles. The summed E-state index contributed by atoms with van der Waals surface area (Å²) >= 11 is 0. The first kappa shape index (κ1) is 22.0. The summed E-state index contributed by atoms with van der Waals surface area (Å²) in [5, 5.41) is 3.69. The number of guanidine groups is 1. The normalized spacial score (nSPS) is 24.2. The highest BCUT2D eigenvalue weighted by Gasteiger charge is 2.53. The molecule has 1 N–H and O–H groups in total. The first-order valence-electron chi connectivity index (χ1n) is 9.34. The third-order valence-corrected chi connectivity index (χ3v) is 6.62. The topological polar surface area (TPSA) is 36.9 Å². The Balaban J connectivity index is 0.00000288. The predicted molar refractivity (Wildman–Crippen MR) is 113 cm³/mol. The van der Waals surface area contributed by atoms with Crippen molar-refractivity contribution in [1.82, 2.24) is 10.2 Å². The van der Waals surface area contributed by atoms with E-state index in [4.69, 9.17) is 4.74 Å². The van der Waals surface area contributed by atoms with Crippen LogP contribution in [0.5, 0.6) is 0 Å². The van der Waals surface area contributed by atoms with Gasteiger partial charge in [0, 0.05) is 44.3 Å². The van der Waals surface area contributed by atoms with Crippen LogP contribution in [0.3, 0.4) is 0 Å². The molecule has 0 atom stereocenters. The molecule has 142 valence electrons. The summed E-state index contributed by atoms with van der Waals surface area (Å²) in [4.78, 5) is 6.99. The summed E-state index contributed by atoms with van der Waals surface area (Å²) in [7, 11) is 1.91. The van der Waals surface area contributed by atoms with Crippen LogP contribution in [0, 0.1) is 10.8 Å². The number of halogens is 1. The van der Waals surface area contributed by atoms with Crippen molar-refractivity contribution in [2.75, 3.05) is 33.4 Å². The minimum Gasteiger partial charge on any atom is -0.382 e. The van der Waals surface area contributed by atoms with Crippen LogP contribution in [0.15, 0.2) is 4.99 Å². The summed E-state index contributed by atoms with van der Waals surface area (Å²) < 4.78 is 5.63. The Labute approximate surface area is 166 Å². The van der Waals surface area contributed by atoms with Gasteiger partial charge in [-0.25, -0.2) is 0 Å². The van der Waals surface area contributed by atoms with E-state index in [1.807, 2.05) is 7.05 Å². The van der Waals surface area contributed by atoms with Crippen LogP contribution >= 0.6 is 24.0 Å². The molecule has 5 heteroatoms. The Kier molecular flexibility index (Phi) is 7.85. The van der Waals surface area contributed by atoms with Gasteiger partial charge in [0.2, 0.25) is 0 Å². The van der Waals surface area contributed by atoms with Gasteiger partial charge in [-0.2, -0.15) is 0 Å². The molecule has 1 heterocycles. The number of hydrogen-bond acceptors (Lipinski definition) is 2. The predicted octanol–water partition coefficient (Wildman–Crippen LogP) is 4.29. The van der Waals surface area contributed by atoms with Crippen molar-refractivity contribution in [2.24, 2.45) is 15.8 Å². The monoisotopic (exact) mass is 451 g/mol. The van der Waals surface area contributed by atoms with E-state index in [0.29, 0.717) is 10.8 Å². The van der Waals surface area contributed by atoms with E-state index >= 15 is 0 Å².